The van der Waals surface area contributed by atoms with Crippen LogP contribution in [0.15, 0.2) is 24.4 Å². The van der Waals surface area contributed by atoms with E-state index in [4.69, 9.17) is 14.2 Å². The van der Waals surface area contributed by atoms with Crippen LogP contribution in [0, 0.1) is 11.8 Å². The van der Waals surface area contributed by atoms with Crippen molar-refractivity contribution in [2.45, 2.75) is 91.5 Å². The Morgan fingerprint density at radius 3 is 2.38 bits per heavy atom. The minimum atomic E-state index is -5.09. The van der Waals surface area contributed by atoms with Crippen molar-refractivity contribution in [3.63, 3.8) is 0 Å². The third-order valence-electron chi connectivity index (χ3n) is 6.53. The molecule has 0 radical (unpaired) electrons. The first-order valence-corrected chi connectivity index (χ1v) is 12.6. The fourth-order valence-corrected chi connectivity index (χ4v) is 4.29. The highest BCUT2D eigenvalue weighted by molar-refractivity contribution is 5.82. The molecule has 5 atom stereocenters. The monoisotopic (exact) mass is 556 g/mol. The number of alkyl halides is 3. The van der Waals surface area contributed by atoms with Gasteiger partial charge in [0.05, 0.1) is 43.7 Å². The van der Waals surface area contributed by atoms with Crippen molar-refractivity contribution in [3.8, 4) is 11.3 Å². The summed E-state index contributed by atoms with van der Waals surface area (Å²) in [4.78, 5) is 23.3. The zero-order chi connectivity index (χ0) is 29.1. The summed E-state index contributed by atoms with van der Waals surface area (Å²) in [5.74, 6) is -3.77. The molecular formula is C26H35F3N4O6. The van der Waals surface area contributed by atoms with Gasteiger partial charge in [-0.3, -0.25) is 9.59 Å². The van der Waals surface area contributed by atoms with E-state index < -0.39 is 42.4 Å². The van der Waals surface area contributed by atoms with Crippen LogP contribution in [-0.4, -0.2) is 62.2 Å². The molecule has 2 N–H and O–H groups in total. The summed E-state index contributed by atoms with van der Waals surface area (Å²) in [6.45, 7) is 10.7. The highest BCUT2D eigenvalue weighted by Crippen LogP contribution is 2.33. The van der Waals surface area contributed by atoms with Crippen LogP contribution < -0.4 is 5.32 Å². The van der Waals surface area contributed by atoms with Gasteiger partial charge in [-0.1, -0.05) is 25.1 Å². The van der Waals surface area contributed by atoms with E-state index in [9.17, 15) is 27.9 Å². The molecule has 0 saturated carbocycles. The van der Waals surface area contributed by atoms with Gasteiger partial charge < -0.3 is 24.6 Å². The predicted octanol–water partition coefficient (Wildman–Crippen LogP) is 3.36. The molecule has 3 rings (SSSR count). The molecule has 1 aromatic heterocycles. The van der Waals surface area contributed by atoms with Gasteiger partial charge in [-0.15, -0.1) is 5.10 Å². The topological polar surface area (TPSA) is 125 Å². The smallest absolute Gasteiger partial charge is 0.434 e. The van der Waals surface area contributed by atoms with Crippen molar-refractivity contribution < 1.29 is 42.1 Å². The second-order valence-corrected chi connectivity index (χ2v) is 10.8. The molecule has 0 aliphatic carbocycles. The summed E-state index contributed by atoms with van der Waals surface area (Å²) in [6.07, 6.45) is -5.44. The van der Waals surface area contributed by atoms with Gasteiger partial charge in [0, 0.05) is 12.5 Å². The predicted molar refractivity (Wildman–Crippen MR) is 133 cm³/mol. The van der Waals surface area contributed by atoms with Gasteiger partial charge in [0.1, 0.15) is 5.69 Å². The van der Waals surface area contributed by atoms with Gasteiger partial charge >= 0.3 is 18.1 Å². The molecule has 1 aliphatic rings. The van der Waals surface area contributed by atoms with E-state index in [-0.39, 0.29) is 24.7 Å². The first-order chi connectivity index (χ1) is 18.1. The number of aliphatic hydroxyl groups is 1. The van der Waals surface area contributed by atoms with Gasteiger partial charge in [0.25, 0.3) is 0 Å². The van der Waals surface area contributed by atoms with E-state index in [0.29, 0.717) is 17.9 Å². The molecule has 2 unspecified atom stereocenters. The van der Waals surface area contributed by atoms with Gasteiger partial charge in [0.2, 0.25) is 6.29 Å². The van der Waals surface area contributed by atoms with Gasteiger partial charge in [-0.2, -0.15) is 13.2 Å². The number of ether oxygens (including phenoxy) is 3. The fourth-order valence-electron chi connectivity index (χ4n) is 4.29. The maximum Gasteiger partial charge on any atom is 0.471 e. The number of hydrogen-bond donors (Lipinski definition) is 2. The van der Waals surface area contributed by atoms with Crippen LogP contribution in [0.3, 0.4) is 0 Å². The minimum absolute atomic E-state index is 0.163. The largest absolute Gasteiger partial charge is 0.471 e. The lowest BCUT2D eigenvalue weighted by Crippen LogP contribution is -2.60. The third-order valence-corrected chi connectivity index (χ3v) is 6.53. The number of rotatable bonds is 8. The number of benzene rings is 1. The summed E-state index contributed by atoms with van der Waals surface area (Å²) in [5, 5.41) is 20.0. The molecule has 39 heavy (non-hydrogen) atoms. The zero-order valence-corrected chi connectivity index (χ0v) is 22.8. The minimum Gasteiger partial charge on any atom is -0.434 e. The van der Waals surface area contributed by atoms with Crippen LogP contribution in [0.25, 0.3) is 11.3 Å². The van der Waals surface area contributed by atoms with Crippen LogP contribution in [0.5, 0.6) is 0 Å². The Bertz CT molecular complexity index is 1160. The molecule has 216 valence electrons. The standard InChI is InChI=1S/C26H35F3N4O6/c1-14-15(2)22(30-24(36)26(27,28)29)23(38-16(3)35)39-21(14)11-33-10-20(31-32-33)19-8-17(12-34)7-18(9-19)13-37-25(4,5)6/h7-10,14-15,21-23,34H,11-13H2,1-6H3,(H,30,36)/t14-,15-,21?,22?,23+/m0/s1. The van der Waals surface area contributed by atoms with Crippen LogP contribution >= 0.6 is 0 Å². The molecular weight excluding hydrogens is 521 g/mol. The van der Waals surface area contributed by atoms with Crippen molar-refractivity contribution in [3.05, 3.63) is 35.5 Å². The van der Waals surface area contributed by atoms with Crippen LogP contribution in [-0.2, 0) is 43.6 Å². The van der Waals surface area contributed by atoms with E-state index in [2.05, 4.69) is 10.3 Å². The van der Waals surface area contributed by atoms with E-state index in [0.717, 1.165) is 18.1 Å². The molecule has 1 amide bonds. The quantitative estimate of drug-likeness (QED) is 0.475. The first-order valence-electron chi connectivity index (χ1n) is 12.6. The van der Waals surface area contributed by atoms with Gasteiger partial charge in [0.15, 0.2) is 0 Å². The van der Waals surface area contributed by atoms with E-state index in [1.165, 1.54) is 4.68 Å². The Balaban J connectivity index is 1.79. The van der Waals surface area contributed by atoms with E-state index in [1.807, 2.05) is 38.2 Å². The number of carbonyl (C=O) groups is 2. The van der Waals surface area contributed by atoms with E-state index in [1.54, 1.807) is 26.1 Å². The molecule has 2 heterocycles. The highest BCUT2D eigenvalue weighted by atomic mass is 19.4. The van der Waals surface area contributed by atoms with Gasteiger partial charge in [-0.25, -0.2) is 4.68 Å². The normalized spacial score (nSPS) is 23.9. The van der Waals surface area contributed by atoms with E-state index >= 15 is 0 Å². The van der Waals surface area contributed by atoms with Crippen LogP contribution in [0.1, 0.15) is 52.7 Å². The summed E-state index contributed by atoms with van der Waals surface area (Å²) < 4.78 is 57.1. The summed E-state index contributed by atoms with van der Waals surface area (Å²) in [5.41, 5.74) is 2.45. The number of halogens is 3. The lowest BCUT2D eigenvalue weighted by molar-refractivity contribution is -0.236. The Kier molecular flexibility index (Phi) is 9.39. The number of hydrogen-bond acceptors (Lipinski definition) is 8. The molecule has 1 aromatic carbocycles. The fraction of sp³-hybridized carbons (Fsp3) is 0.615. The molecule has 1 aliphatic heterocycles. The number of amides is 1. The molecule has 13 heteroatoms. The number of aromatic nitrogens is 3. The second kappa shape index (κ2) is 12.0. The number of aliphatic hydroxyl groups excluding tert-OH is 1. The zero-order valence-electron chi connectivity index (χ0n) is 22.8. The highest BCUT2D eigenvalue weighted by Gasteiger charge is 2.48. The summed E-state index contributed by atoms with van der Waals surface area (Å²) in [7, 11) is 0. The number of esters is 1. The van der Waals surface area contributed by atoms with Crippen molar-refractivity contribution in [1.29, 1.82) is 0 Å². The number of nitrogens with one attached hydrogen (secondary N) is 1. The molecule has 1 fully saturated rings. The SMILES string of the molecule is CC(=O)O[C@@H]1OC(Cn2cc(-c3cc(CO)cc(COC(C)(C)C)c3)nn2)[C@@H](C)[C@H](C)C1NC(=O)C(F)(F)F. The maximum absolute atomic E-state index is 12.9. The molecule has 1 saturated heterocycles. The Labute approximate surface area is 224 Å². The summed E-state index contributed by atoms with van der Waals surface area (Å²) >= 11 is 0. The number of carbonyl (C=O) groups excluding carboxylic acids is 2. The average Bonchev–Trinajstić information content (AvgIpc) is 3.30. The van der Waals surface area contributed by atoms with Gasteiger partial charge in [-0.05, 0) is 55.9 Å². The molecule has 0 bridgehead atoms. The van der Waals surface area contributed by atoms with Crippen molar-refractivity contribution >= 4 is 11.9 Å². The molecule has 10 nitrogen and oxygen atoms in total. The van der Waals surface area contributed by atoms with Crippen LogP contribution in [0.4, 0.5) is 13.2 Å². The average molecular weight is 557 g/mol. The Hall–Kier alpha value is -3.03. The number of nitrogens with zero attached hydrogens (tertiary/aromatic N) is 3. The lowest BCUT2D eigenvalue weighted by Gasteiger charge is -2.44. The van der Waals surface area contributed by atoms with Crippen molar-refractivity contribution in [2.24, 2.45) is 11.8 Å². The lowest BCUT2D eigenvalue weighted by atomic mass is 9.82. The summed E-state index contributed by atoms with van der Waals surface area (Å²) in [6, 6.07) is 4.34. The molecule has 0 spiro atoms. The maximum atomic E-state index is 12.9. The first kappa shape index (κ1) is 30.5. The van der Waals surface area contributed by atoms with Crippen molar-refractivity contribution in [1.82, 2.24) is 20.3 Å². The second-order valence-electron chi connectivity index (χ2n) is 10.8. The Morgan fingerprint density at radius 2 is 1.79 bits per heavy atom. The third kappa shape index (κ3) is 8.23. The van der Waals surface area contributed by atoms with Crippen molar-refractivity contribution in [2.75, 3.05) is 0 Å². The Morgan fingerprint density at radius 1 is 1.13 bits per heavy atom. The van der Waals surface area contributed by atoms with Crippen LogP contribution in [0.2, 0.25) is 0 Å². The molecule has 2 aromatic rings.